The van der Waals surface area contributed by atoms with E-state index in [0.717, 1.165) is 12.8 Å². The van der Waals surface area contributed by atoms with Crippen LogP contribution < -0.4 is 0 Å². The van der Waals surface area contributed by atoms with Crippen LogP contribution in [0.1, 0.15) is 26.7 Å². The van der Waals surface area contributed by atoms with Gasteiger partial charge in [-0.15, -0.1) is 12.8 Å². The molecular weight excluding hydrogens is 358 g/mol. The summed E-state index contributed by atoms with van der Waals surface area (Å²) in [5.74, 6) is 0. The van der Waals surface area contributed by atoms with E-state index in [2.05, 4.69) is 51.2 Å². The summed E-state index contributed by atoms with van der Waals surface area (Å²) >= 11 is -0.826. The predicted octanol–water partition coefficient (Wildman–Crippen LogP) is 5.31. The van der Waals surface area contributed by atoms with E-state index in [1.54, 1.807) is 10.4 Å². The first-order valence-corrected chi connectivity index (χ1v) is 15.3. The van der Waals surface area contributed by atoms with Crippen molar-refractivity contribution in [1.29, 1.82) is 0 Å². The molecule has 0 aromatic heterocycles. The van der Waals surface area contributed by atoms with Gasteiger partial charge in [0.25, 0.3) is 0 Å². The van der Waals surface area contributed by atoms with E-state index in [9.17, 15) is 0 Å². The Hall–Kier alpha value is 0.640. The third-order valence-corrected chi connectivity index (χ3v) is 7.35. The maximum absolute atomic E-state index is 4.93. The summed E-state index contributed by atoms with van der Waals surface area (Å²) in [4.78, 5) is 0. The van der Waals surface area contributed by atoms with Gasteiger partial charge in [-0.25, -0.2) is 21.5 Å². The topological polar surface area (TPSA) is 0 Å². The van der Waals surface area contributed by atoms with Gasteiger partial charge >= 0.3 is 37.9 Å². The molecule has 2 rings (SSSR count). The minimum absolute atomic E-state index is 0.826. The van der Waals surface area contributed by atoms with Gasteiger partial charge in [-0.1, -0.05) is 35.0 Å². The van der Waals surface area contributed by atoms with Gasteiger partial charge in [0.15, 0.2) is 0 Å². The summed E-state index contributed by atoms with van der Waals surface area (Å²) in [5, 5.41) is 3.16. The van der Waals surface area contributed by atoms with Crippen LogP contribution in [0, 0.1) is 12.2 Å². The Morgan fingerprint density at radius 3 is 1.56 bits per heavy atom. The fourth-order valence-electron chi connectivity index (χ4n) is 2.70. The van der Waals surface area contributed by atoms with Crippen LogP contribution >= 0.6 is 17.0 Å². The molecule has 4 heteroatoms. The maximum atomic E-state index is 4.93. The molecule has 0 radical (unpaired) electrons. The minimum atomic E-state index is -1.44. The number of allylic oxidation sites excluding steroid dienone is 8. The molecule has 0 aromatic carbocycles. The number of rotatable bonds is 2. The zero-order chi connectivity index (χ0) is 13.8. The molecule has 0 nitrogen and oxygen atoms in total. The van der Waals surface area contributed by atoms with Crippen LogP contribution in [0.15, 0.2) is 33.7 Å². The van der Waals surface area contributed by atoms with Crippen LogP contribution in [0.5, 0.6) is 0 Å². The molecule has 2 aliphatic carbocycles. The van der Waals surface area contributed by atoms with Gasteiger partial charge < -0.3 is 0 Å². The molecule has 0 atom stereocenters. The van der Waals surface area contributed by atoms with Crippen molar-refractivity contribution in [3.8, 4) is 0 Å². The number of hydrogen-bond donors (Lipinski definition) is 0. The predicted molar refractivity (Wildman–Crippen MR) is 79.4 cm³/mol. The Morgan fingerprint density at radius 2 is 1.33 bits per heavy atom. The summed E-state index contributed by atoms with van der Waals surface area (Å²) in [6.07, 6.45) is 13.6. The van der Waals surface area contributed by atoms with E-state index < -0.39 is 28.9 Å². The second kappa shape index (κ2) is 7.43. The summed E-state index contributed by atoms with van der Waals surface area (Å²) in [6.45, 7) is 9.28. The molecule has 0 saturated carbocycles. The second-order valence-corrected chi connectivity index (χ2v) is 13.0. The zero-order valence-corrected chi connectivity index (χ0v) is 16.3. The molecule has 96 valence electrons. The van der Waals surface area contributed by atoms with Gasteiger partial charge in [-0.2, -0.15) is 12.2 Å². The van der Waals surface area contributed by atoms with Crippen LogP contribution in [-0.4, -0.2) is 8.07 Å². The van der Waals surface area contributed by atoms with Gasteiger partial charge in [0.2, 0.25) is 0 Å². The van der Waals surface area contributed by atoms with E-state index in [-0.39, 0.29) is 0 Å². The van der Waals surface area contributed by atoms with E-state index >= 15 is 0 Å². The molecule has 0 N–H and O–H groups in total. The summed E-state index contributed by atoms with van der Waals surface area (Å²) < 4.78 is 0. The average Bonchev–Trinajstić information content (AvgIpc) is 2.88. The molecule has 0 unspecified atom stereocenters. The monoisotopic (exact) mass is 374 g/mol. The Kier molecular flexibility index (Phi) is 6.89. The fraction of sp³-hybridized carbons (Fsp3) is 0.429. The van der Waals surface area contributed by atoms with E-state index in [1.165, 1.54) is 11.1 Å². The Morgan fingerprint density at radius 1 is 1.00 bits per heavy atom. The molecule has 0 saturated heterocycles. The molecule has 0 spiro atoms. The van der Waals surface area contributed by atoms with Gasteiger partial charge in [0, 0.05) is 0 Å². The molecule has 0 aliphatic heterocycles. The summed E-state index contributed by atoms with van der Waals surface area (Å²) in [6, 6.07) is 0. The Balaban J connectivity index is 0.000000492. The van der Waals surface area contributed by atoms with Crippen LogP contribution in [-0.2, 0) is 20.8 Å². The van der Waals surface area contributed by atoms with E-state index in [0.29, 0.717) is 0 Å². The van der Waals surface area contributed by atoms with Crippen LogP contribution in [0.3, 0.4) is 0 Å². The van der Waals surface area contributed by atoms with Crippen molar-refractivity contribution in [3.63, 3.8) is 0 Å². The second-order valence-electron chi connectivity index (χ2n) is 4.94. The van der Waals surface area contributed by atoms with Crippen molar-refractivity contribution in [2.24, 2.45) is 0 Å². The van der Waals surface area contributed by atoms with Crippen molar-refractivity contribution in [3.05, 3.63) is 45.8 Å². The fourth-order valence-corrected chi connectivity index (χ4v) is 6.27. The molecule has 0 aromatic rings. The first-order valence-electron chi connectivity index (χ1n) is 5.98. The Bertz CT molecular complexity index is 393. The molecule has 0 heterocycles. The molecular formula is C14H18Cl2SiZr. The molecule has 0 amide bonds. The third-order valence-electron chi connectivity index (χ3n) is 3.50. The first kappa shape index (κ1) is 16.7. The molecule has 0 bridgehead atoms. The Labute approximate surface area is 131 Å². The van der Waals surface area contributed by atoms with Crippen molar-refractivity contribution in [1.82, 2.24) is 0 Å². The first-order chi connectivity index (χ1) is 8.45. The van der Waals surface area contributed by atoms with Crippen LogP contribution in [0.25, 0.3) is 0 Å². The quantitative estimate of drug-likeness (QED) is 0.453. The normalized spacial score (nSPS) is 18.1. The zero-order valence-electron chi connectivity index (χ0n) is 11.3. The van der Waals surface area contributed by atoms with Gasteiger partial charge in [-0.3, -0.25) is 12.2 Å². The van der Waals surface area contributed by atoms with Crippen molar-refractivity contribution in [2.45, 2.75) is 39.8 Å². The average molecular weight is 377 g/mol. The third kappa shape index (κ3) is 3.82. The van der Waals surface area contributed by atoms with Crippen LogP contribution in [0.2, 0.25) is 13.1 Å². The SMILES string of the molecule is CC1=[C-]CC=C1[Si](C)(C)C1=CC[C-]=C1C.[Cl][Zr+2][Cl]. The van der Waals surface area contributed by atoms with Crippen molar-refractivity contribution < 1.29 is 20.8 Å². The molecule has 0 fully saturated rings. The van der Waals surface area contributed by atoms with Gasteiger partial charge in [-0.05, 0) is 0 Å². The number of hydrogen-bond acceptors (Lipinski definition) is 0. The standard InChI is InChI=1S/C14H18Si.2ClH.Zr/c1-11-7-5-9-13(11)15(3,4)14-10-6-8-12(14)2;;;/h9-10H,5-6H2,1-4H3;2*1H;/q-2;;;+4/p-2. The van der Waals surface area contributed by atoms with Gasteiger partial charge in [0.05, 0.1) is 0 Å². The summed E-state index contributed by atoms with van der Waals surface area (Å²) in [5.41, 5.74) is 2.76. The summed E-state index contributed by atoms with van der Waals surface area (Å²) in [7, 11) is 8.43. The van der Waals surface area contributed by atoms with E-state index in [1.807, 2.05) is 0 Å². The van der Waals surface area contributed by atoms with Crippen molar-refractivity contribution in [2.75, 3.05) is 0 Å². The van der Waals surface area contributed by atoms with E-state index in [4.69, 9.17) is 17.0 Å². The van der Waals surface area contributed by atoms with Crippen molar-refractivity contribution >= 4 is 25.1 Å². The van der Waals surface area contributed by atoms with Gasteiger partial charge in [0.1, 0.15) is 0 Å². The molecule has 18 heavy (non-hydrogen) atoms. The number of halogens is 2. The molecule has 2 aliphatic rings. The van der Waals surface area contributed by atoms with Crippen LogP contribution in [0.4, 0.5) is 0 Å².